The first-order valence-corrected chi connectivity index (χ1v) is 29.5. The van der Waals surface area contributed by atoms with Gasteiger partial charge in [0.25, 0.3) is 0 Å². The average Bonchev–Trinajstić information content (AvgIpc) is 3.38. The maximum atomic E-state index is 12.9. The van der Waals surface area contributed by atoms with Crippen LogP contribution in [0.5, 0.6) is 0 Å². The number of hydrogen-bond acceptors (Lipinski definition) is 6. The van der Waals surface area contributed by atoms with E-state index in [9.17, 15) is 14.4 Å². The van der Waals surface area contributed by atoms with Gasteiger partial charge in [-0.2, -0.15) is 0 Å². The smallest absolute Gasteiger partial charge is 0.306 e. The van der Waals surface area contributed by atoms with Crippen LogP contribution in [0.25, 0.3) is 32.3 Å². The molecule has 6 heteroatoms. The Kier molecular flexibility index (Phi) is 32.9. The molecule has 0 saturated heterocycles. The van der Waals surface area contributed by atoms with E-state index in [0.29, 0.717) is 19.3 Å². The number of rotatable bonds is 45. The maximum absolute atomic E-state index is 12.9. The van der Waals surface area contributed by atoms with E-state index < -0.39 is 6.10 Å². The van der Waals surface area contributed by atoms with Crippen molar-refractivity contribution in [3.05, 3.63) is 84.5 Å². The lowest BCUT2D eigenvalue weighted by molar-refractivity contribution is -0.167. The standard InChI is InChI=1S/C65H98O6/c1-3-5-7-9-11-13-15-17-19-21-23-25-29-33-37-44-61(66)69-53-59(71-63(68)46-39-35-30-26-24-22-20-18-16-14-12-10-8-6-4-2)54-70-62(67)45-38-34-31-27-28-32-36-41-55-47-48-58-50-49-56-42-40-43-57-51-52-60(55)65(58)64(56)57/h17-20,40,42-43,47-52,59H,3-16,21-39,41,44-46,53-54H2,1-2H3/b19-17-,20-18-/t59-/m1/s1. The second kappa shape index (κ2) is 39.4. The van der Waals surface area contributed by atoms with E-state index in [2.05, 4.69) is 92.7 Å². The summed E-state index contributed by atoms with van der Waals surface area (Å²) in [6.07, 6.45) is 49.3. The predicted octanol–water partition coefficient (Wildman–Crippen LogP) is 19.3. The van der Waals surface area contributed by atoms with Gasteiger partial charge in [0.2, 0.25) is 0 Å². The van der Waals surface area contributed by atoms with Crippen LogP contribution in [0.15, 0.2) is 78.9 Å². The lowest BCUT2D eigenvalue weighted by Gasteiger charge is -2.18. The lowest BCUT2D eigenvalue weighted by Crippen LogP contribution is -2.30. The Morgan fingerprint density at radius 3 is 1.23 bits per heavy atom. The summed E-state index contributed by atoms with van der Waals surface area (Å²) in [5.74, 6) is -0.913. The van der Waals surface area contributed by atoms with Crippen LogP contribution in [-0.2, 0) is 35.0 Å². The zero-order chi connectivity index (χ0) is 50.2. The average molecular weight is 975 g/mol. The minimum absolute atomic E-state index is 0.0913. The van der Waals surface area contributed by atoms with Crippen LogP contribution in [0.1, 0.15) is 251 Å². The fourth-order valence-electron chi connectivity index (χ4n) is 10.0. The highest BCUT2D eigenvalue weighted by molar-refractivity contribution is 6.23. The molecule has 0 spiro atoms. The molecule has 394 valence electrons. The molecule has 0 bridgehead atoms. The normalized spacial score (nSPS) is 12.3. The molecule has 71 heavy (non-hydrogen) atoms. The van der Waals surface area contributed by atoms with Crippen molar-refractivity contribution in [1.29, 1.82) is 0 Å². The van der Waals surface area contributed by atoms with Gasteiger partial charge in [0, 0.05) is 19.3 Å². The van der Waals surface area contributed by atoms with Crippen molar-refractivity contribution in [3.8, 4) is 0 Å². The van der Waals surface area contributed by atoms with Crippen molar-refractivity contribution in [1.82, 2.24) is 0 Å². The highest BCUT2D eigenvalue weighted by atomic mass is 16.6. The van der Waals surface area contributed by atoms with Crippen molar-refractivity contribution < 1.29 is 28.6 Å². The Hall–Kier alpha value is -4.19. The van der Waals surface area contributed by atoms with E-state index in [1.165, 1.54) is 166 Å². The van der Waals surface area contributed by atoms with Gasteiger partial charge in [0.05, 0.1) is 0 Å². The van der Waals surface area contributed by atoms with Crippen molar-refractivity contribution in [2.24, 2.45) is 0 Å². The molecule has 4 aromatic carbocycles. The van der Waals surface area contributed by atoms with Gasteiger partial charge in [-0.1, -0.05) is 228 Å². The molecule has 0 fully saturated rings. The molecule has 0 unspecified atom stereocenters. The third kappa shape index (κ3) is 26.4. The van der Waals surface area contributed by atoms with Crippen LogP contribution < -0.4 is 0 Å². The number of carbonyl (C=O) groups excluding carboxylic acids is 3. The molecule has 4 rings (SSSR count). The van der Waals surface area contributed by atoms with Gasteiger partial charge in [0.15, 0.2) is 6.10 Å². The molecular formula is C65H98O6. The first kappa shape index (κ1) is 59.4. The van der Waals surface area contributed by atoms with Gasteiger partial charge in [-0.3, -0.25) is 14.4 Å². The number of unbranched alkanes of at least 4 members (excludes halogenated alkanes) is 28. The molecule has 0 saturated carbocycles. The highest BCUT2D eigenvalue weighted by Crippen LogP contribution is 2.36. The quantitative estimate of drug-likeness (QED) is 0.0144. The van der Waals surface area contributed by atoms with Crippen LogP contribution >= 0.6 is 0 Å². The summed E-state index contributed by atoms with van der Waals surface area (Å²) in [7, 11) is 0. The fourth-order valence-corrected chi connectivity index (χ4v) is 10.0. The van der Waals surface area contributed by atoms with Gasteiger partial charge >= 0.3 is 17.9 Å². The largest absolute Gasteiger partial charge is 0.462 e. The van der Waals surface area contributed by atoms with Crippen molar-refractivity contribution in [2.45, 2.75) is 258 Å². The summed E-state index contributed by atoms with van der Waals surface area (Å²) < 4.78 is 17.0. The predicted molar refractivity (Wildman–Crippen MR) is 301 cm³/mol. The molecular weight excluding hydrogens is 877 g/mol. The minimum atomic E-state index is -0.797. The van der Waals surface area contributed by atoms with Crippen LogP contribution in [0.2, 0.25) is 0 Å². The van der Waals surface area contributed by atoms with Gasteiger partial charge in [-0.05, 0) is 121 Å². The molecule has 0 aliphatic carbocycles. The number of hydrogen-bond donors (Lipinski definition) is 0. The van der Waals surface area contributed by atoms with Gasteiger partial charge in [-0.25, -0.2) is 0 Å². The molecule has 0 N–H and O–H groups in total. The second-order valence-corrected chi connectivity index (χ2v) is 20.7. The molecule has 0 radical (unpaired) electrons. The molecule has 0 heterocycles. The van der Waals surface area contributed by atoms with E-state index in [-0.39, 0.29) is 31.1 Å². The summed E-state index contributed by atoms with van der Waals surface area (Å²) in [4.78, 5) is 38.4. The van der Waals surface area contributed by atoms with Crippen LogP contribution in [-0.4, -0.2) is 37.2 Å². The van der Waals surface area contributed by atoms with Crippen LogP contribution in [0.4, 0.5) is 0 Å². The molecule has 6 nitrogen and oxygen atoms in total. The van der Waals surface area contributed by atoms with E-state index in [1.54, 1.807) is 0 Å². The van der Waals surface area contributed by atoms with Crippen LogP contribution in [0, 0.1) is 0 Å². The summed E-state index contributed by atoms with van der Waals surface area (Å²) in [5, 5.41) is 8.12. The molecule has 1 atom stereocenters. The Balaban J connectivity index is 1.06. The van der Waals surface area contributed by atoms with Crippen molar-refractivity contribution >= 4 is 50.2 Å². The SMILES string of the molecule is CCCCCCCC/C=C\CCCCCCCC(=O)OC[C@H](COC(=O)CCCCCCCCCc1ccc2ccc3cccc4ccc1c2c34)OC(=O)CCCCCCC/C=C\CCCCCCCC. The summed E-state index contributed by atoms with van der Waals surface area (Å²) in [5.41, 5.74) is 1.44. The molecule has 0 aromatic heterocycles. The van der Waals surface area contributed by atoms with Gasteiger partial charge in [0.1, 0.15) is 13.2 Å². The maximum Gasteiger partial charge on any atom is 0.306 e. The Bertz CT molecular complexity index is 2030. The number of allylic oxidation sites excluding steroid dienone is 4. The van der Waals surface area contributed by atoms with Crippen LogP contribution in [0.3, 0.4) is 0 Å². The Labute approximate surface area is 432 Å². The highest BCUT2D eigenvalue weighted by Gasteiger charge is 2.20. The first-order valence-electron chi connectivity index (χ1n) is 29.5. The fraction of sp³-hybridized carbons (Fsp3) is 0.646. The first-order chi connectivity index (χ1) is 35.0. The second-order valence-electron chi connectivity index (χ2n) is 20.7. The molecule has 4 aromatic rings. The zero-order valence-corrected chi connectivity index (χ0v) is 45.1. The molecule has 0 aliphatic heterocycles. The summed E-state index contributed by atoms with van der Waals surface area (Å²) in [6, 6.07) is 20.3. The number of aryl methyl sites for hydroxylation is 1. The number of benzene rings is 4. The monoisotopic (exact) mass is 975 g/mol. The number of ether oxygens (including phenoxy) is 3. The third-order valence-electron chi connectivity index (χ3n) is 14.4. The third-order valence-corrected chi connectivity index (χ3v) is 14.4. The van der Waals surface area contributed by atoms with E-state index in [1.807, 2.05) is 0 Å². The summed E-state index contributed by atoms with van der Waals surface area (Å²) in [6.45, 7) is 4.34. The Morgan fingerprint density at radius 1 is 0.394 bits per heavy atom. The van der Waals surface area contributed by atoms with E-state index in [0.717, 1.165) is 89.9 Å². The lowest BCUT2D eigenvalue weighted by atomic mass is 9.90. The molecule has 0 amide bonds. The van der Waals surface area contributed by atoms with E-state index >= 15 is 0 Å². The van der Waals surface area contributed by atoms with Crippen molar-refractivity contribution in [2.75, 3.05) is 13.2 Å². The Morgan fingerprint density at radius 2 is 0.761 bits per heavy atom. The molecule has 0 aliphatic rings. The number of esters is 3. The topological polar surface area (TPSA) is 78.9 Å². The van der Waals surface area contributed by atoms with E-state index in [4.69, 9.17) is 14.2 Å². The minimum Gasteiger partial charge on any atom is -0.462 e. The van der Waals surface area contributed by atoms with Gasteiger partial charge < -0.3 is 14.2 Å². The van der Waals surface area contributed by atoms with Crippen molar-refractivity contribution in [3.63, 3.8) is 0 Å². The summed E-state index contributed by atoms with van der Waals surface area (Å²) >= 11 is 0. The van der Waals surface area contributed by atoms with Gasteiger partial charge in [-0.15, -0.1) is 0 Å². The number of carbonyl (C=O) groups is 3. The zero-order valence-electron chi connectivity index (χ0n) is 45.1.